The molecule has 86 valence electrons. The average Bonchev–Trinajstić information content (AvgIpc) is 2.27. The van der Waals surface area contributed by atoms with Gasteiger partial charge in [-0.3, -0.25) is 4.79 Å². The molecule has 0 saturated heterocycles. The molecule has 4 heteroatoms. The Kier molecular flexibility index (Phi) is 4.69. The van der Waals surface area contributed by atoms with E-state index in [0.29, 0.717) is 16.5 Å². The number of hydrogen-bond donors (Lipinski definition) is 0. The van der Waals surface area contributed by atoms with Gasteiger partial charge in [-0.1, -0.05) is 24.6 Å². The fourth-order valence-electron chi connectivity index (χ4n) is 1.37. The molecule has 1 rings (SSSR count). The summed E-state index contributed by atoms with van der Waals surface area (Å²) in [7, 11) is 0. The number of hydrogen-bond acceptors (Lipinski definition) is 1. The van der Waals surface area contributed by atoms with Crippen LogP contribution in [-0.2, 0) is 0 Å². The molecule has 0 amide bonds. The van der Waals surface area contributed by atoms with Crippen molar-refractivity contribution in [1.29, 1.82) is 0 Å². The summed E-state index contributed by atoms with van der Waals surface area (Å²) in [6, 6.07) is 3.01. The first-order chi connectivity index (χ1) is 7.52. The molecule has 1 aromatic rings. The third kappa shape index (κ3) is 2.53. The lowest BCUT2D eigenvalue weighted by Gasteiger charge is -2.06. The van der Waals surface area contributed by atoms with E-state index in [1.807, 2.05) is 6.92 Å². The van der Waals surface area contributed by atoms with Gasteiger partial charge in [0.1, 0.15) is 0 Å². The zero-order valence-corrected chi connectivity index (χ0v) is 11.3. The molecule has 0 unspecified atom stereocenters. The average molecular weight is 306 g/mol. The maximum absolute atomic E-state index is 13.7. The Morgan fingerprint density at radius 1 is 1.56 bits per heavy atom. The van der Waals surface area contributed by atoms with Gasteiger partial charge >= 0.3 is 0 Å². The SMILES string of the molecule is C/C=C(/CC)C(=O)c1ccc(Br)c(Cl)c1F. The van der Waals surface area contributed by atoms with Crippen LogP contribution in [-0.4, -0.2) is 5.78 Å². The molecular formula is C12H11BrClFO. The largest absolute Gasteiger partial charge is 0.289 e. The molecule has 0 saturated carbocycles. The van der Waals surface area contributed by atoms with E-state index in [2.05, 4.69) is 15.9 Å². The van der Waals surface area contributed by atoms with Crippen molar-refractivity contribution in [3.8, 4) is 0 Å². The molecular weight excluding hydrogens is 294 g/mol. The summed E-state index contributed by atoms with van der Waals surface area (Å²) in [5, 5.41) is -0.0580. The Hall–Kier alpha value is -0.670. The first-order valence-electron chi connectivity index (χ1n) is 4.86. The maximum atomic E-state index is 13.7. The minimum Gasteiger partial charge on any atom is -0.289 e. The molecule has 1 nitrogen and oxygen atoms in total. The number of allylic oxidation sites excluding steroid dienone is 2. The van der Waals surface area contributed by atoms with E-state index < -0.39 is 5.82 Å². The van der Waals surface area contributed by atoms with E-state index in [0.717, 1.165) is 0 Å². The minimum atomic E-state index is -0.672. The van der Waals surface area contributed by atoms with Crippen molar-refractivity contribution in [2.45, 2.75) is 20.3 Å². The predicted molar refractivity (Wildman–Crippen MR) is 67.5 cm³/mol. The highest BCUT2D eigenvalue weighted by Crippen LogP contribution is 2.28. The van der Waals surface area contributed by atoms with Crippen LogP contribution in [0.25, 0.3) is 0 Å². The van der Waals surface area contributed by atoms with Gasteiger partial charge in [0, 0.05) is 4.47 Å². The fourth-order valence-corrected chi connectivity index (χ4v) is 1.84. The zero-order valence-electron chi connectivity index (χ0n) is 8.98. The summed E-state index contributed by atoms with van der Waals surface area (Å²) in [6.07, 6.45) is 2.26. The second kappa shape index (κ2) is 5.60. The van der Waals surface area contributed by atoms with Crippen LogP contribution in [0, 0.1) is 5.82 Å². The maximum Gasteiger partial charge on any atom is 0.191 e. The van der Waals surface area contributed by atoms with Crippen LogP contribution in [0.2, 0.25) is 5.02 Å². The highest BCUT2D eigenvalue weighted by molar-refractivity contribution is 9.10. The van der Waals surface area contributed by atoms with E-state index >= 15 is 0 Å². The van der Waals surface area contributed by atoms with Crippen LogP contribution in [0.3, 0.4) is 0 Å². The predicted octanol–water partition coefficient (Wildman–Crippen LogP) is 4.78. The first kappa shape index (κ1) is 13.4. The first-order valence-corrected chi connectivity index (χ1v) is 6.03. The second-order valence-electron chi connectivity index (χ2n) is 3.22. The Morgan fingerprint density at radius 3 is 2.69 bits per heavy atom. The van der Waals surface area contributed by atoms with Gasteiger partial charge in [-0.2, -0.15) is 0 Å². The van der Waals surface area contributed by atoms with Gasteiger partial charge in [0.2, 0.25) is 0 Å². The number of carbonyl (C=O) groups is 1. The number of ketones is 1. The Bertz CT molecular complexity index is 455. The van der Waals surface area contributed by atoms with E-state index in [1.54, 1.807) is 19.1 Å². The van der Waals surface area contributed by atoms with Crippen LogP contribution in [0.1, 0.15) is 30.6 Å². The van der Waals surface area contributed by atoms with E-state index in [9.17, 15) is 9.18 Å². The van der Waals surface area contributed by atoms with Gasteiger partial charge in [0.05, 0.1) is 10.6 Å². The third-order valence-corrected chi connectivity index (χ3v) is 3.56. The van der Waals surface area contributed by atoms with Gasteiger partial charge in [-0.25, -0.2) is 4.39 Å². The standard InChI is InChI=1S/C12H11BrClFO/c1-3-7(4-2)12(16)8-5-6-9(13)10(14)11(8)15/h3,5-6H,4H2,1-2H3/b7-3-. The van der Waals surface area contributed by atoms with Gasteiger partial charge < -0.3 is 0 Å². The smallest absolute Gasteiger partial charge is 0.191 e. The molecule has 0 radical (unpaired) electrons. The summed E-state index contributed by atoms with van der Waals surface area (Å²) in [5.41, 5.74) is 0.598. The third-order valence-electron chi connectivity index (χ3n) is 2.30. The molecule has 1 aromatic carbocycles. The van der Waals surface area contributed by atoms with Gasteiger partial charge in [-0.05, 0) is 47.0 Å². The van der Waals surface area contributed by atoms with Crippen LogP contribution in [0.4, 0.5) is 4.39 Å². The van der Waals surface area contributed by atoms with Crippen LogP contribution >= 0.6 is 27.5 Å². The number of benzene rings is 1. The lowest BCUT2D eigenvalue weighted by Crippen LogP contribution is -2.06. The summed E-state index contributed by atoms with van der Waals surface area (Å²) in [6.45, 7) is 3.61. The number of rotatable bonds is 3. The summed E-state index contributed by atoms with van der Waals surface area (Å²) in [5.74, 6) is -0.981. The molecule has 0 aliphatic heterocycles. The molecule has 0 aromatic heterocycles. The zero-order chi connectivity index (χ0) is 12.3. The molecule has 0 aliphatic rings. The number of carbonyl (C=O) groups excluding carboxylic acids is 1. The summed E-state index contributed by atoms with van der Waals surface area (Å²) >= 11 is 8.83. The van der Waals surface area contributed by atoms with Crippen molar-refractivity contribution < 1.29 is 9.18 Å². The molecule has 0 fully saturated rings. The summed E-state index contributed by atoms with van der Waals surface area (Å²) in [4.78, 5) is 11.9. The van der Waals surface area contributed by atoms with Crippen molar-refractivity contribution in [3.05, 3.63) is 44.7 Å². The van der Waals surface area contributed by atoms with Crippen molar-refractivity contribution in [2.24, 2.45) is 0 Å². The molecule has 16 heavy (non-hydrogen) atoms. The van der Waals surface area contributed by atoms with E-state index in [1.165, 1.54) is 6.07 Å². The van der Waals surface area contributed by atoms with Crippen molar-refractivity contribution in [3.63, 3.8) is 0 Å². The van der Waals surface area contributed by atoms with Crippen molar-refractivity contribution in [2.75, 3.05) is 0 Å². The quantitative estimate of drug-likeness (QED) is 0.446. The number of halogens is 3. The molecule has 0 atom stereocenters. The molecule has 0 N–H and O–H groups in total. The van der Waals surface area contributed by atoms with E-state index in [-0.39, 0.29) is 16.4 Å². The van der Waals surface area contributed by atoms with E-state index in [4.69, 9.17) is 11.6 Å². The van der Waals surface area contributed by atoms with Gasteiger partial charge in [-0.15, -0.1) is 0 Å². The Morgan fingerprint density at radius 2 is 2.19 bits per heavy atom. The van der Waals surface area contributed by atoms with Crippen molar-refractivity contribution >= 4 is 33.3 Å². The lowest BCUT2D eigenvalue weighted by molar-refractivity contribution is 0.102. The van der Waals surface area contributed by atoms with Crippen LogP contribution in [0.5, 0.6) is 0 Å². The van der Waals surface area contributed by atoms with Crippen LogP contribution < -0.4 is 0 Å². The highest BCUT2D eigenvalue weighted by Gasteiger charge is 2.18. The van der Waals surface area contributed by atoms with Gasteiger partial charge in [0.25, 0.3) is 0 Å². The monoisotopic (exact) mass is 304 g/mol. The second-order valence-corrected chi connectivity index (χ2v) is 4.45. The Labute approximate surface area is 107 Å². The van der Waals surface area contributed by atoms with Gasteiger partial charge in [0.15, 0.2) is 11.6 Å². The van der Waals surface area contributed by atoms with Crippen LogP contribution in [0.15, 0.2) is 28.3 Å². The lowest BCUT2D eigenvalue weighted by atomic mass is 10.0. The molecule has 0 bridgehead atoms. The number of Topliss-reactive ketones (excluding diaryl/α,β-unsaturated/α-hetero) is 1. The Balaban J connectivity index is 3.25. The fraction of sp³-hybridized carbons (Fsp3) is 0.250. The highest BCUT2D eigenvalue weighted by atomic mass is 79.9. The van der Waals surface area contributed by atoms with Crippen molar-refractivity contribution in [1.82, 2.24) is 0 Å². The molecule has 0 spiro atoms. The minimum absolute atomic E-state index is 0.0168. The topological polar surface area (TPSA) is 17.1 Å². The molecule has 0 heterocycles. The molecule has 0 aliphatic carbocycles. The summed E-state index contributed by atoms with van der Waals surface area (Å²) < 4.78 is 14.2. The normalized spacial score (nSPS) is 11.7.